The SMILES string of the molecule is Cn1ccnc1CCNCc1ncc(Br)cc1Br. The molecule has 0 fully saturated rings. The van der Waals surface area contributed by atoms with E-state index in [1.165, 1.54) is 0 Å². The van der Waals surface area contributed by atoms with Crippen molar-refractivity contribution < 1.29 is 0 Å². The summed E-state index contributed by atoms with van der Waals surface area (Å²) in [5.74, 6) is 1.09. The van der Waals surface area contributed by atoms with Gasteiger partial charge in [-0.1, -0.05) is 0 Å². The molecule has 2 aromatic heterocycles. The fourth-order valence-electron chi connectivity index (χ4n) is 1.62. The average molecular weight is 374 g/mol. The van der Waals surface area contributed by atoms with Gasteiger partial charge in [-0.25, -0.2) is 4.98 Å². The van der Waals surface area contributed by atoms with Crippen LogP contribution in [0.15, 0.2) is 33.6 Å². The van der Waals surface area contributed by atoms with Crippen molar-refractivity contribution in [1.29, 1.82) is 0 Å². The summed E-state index contributed by atoms with van der Waals surface area (Å²) in [7, 11) is 2.01. The highest BCUT2D eigenvalue weighted by atomic mass is 79.9. The van der Waals surface area contributed by atoms with Gasteiger partial charge in [-0.2, -0.15) is 0 Å². The highest BCUT2D eigenvalue weighted by Gasteiger charge is 2.03. The number of hydrogen-bond donors (Lipinski definition) is 1. The van der Waals surface area contributed by atoms with Crippen molar-refractivity contribution in [1.82, 2.24) is 19.9 Å². The number of imidazole rings is 1. The van der Waals surface area contributed by atoms with Gasteiger partial charge in [0.05, 0.1) is 5.69 Å². The smallest absolute Gasteiger partial charge is 0.109 e. The number of halogens is 2. The number of aromatic nitrogens is 3. The minimum atomic E-state index is 0.748. The lowest BCUT2D eigenvalue weighted by Crippen LogP contribution is -2.19. The molecule has 0 amide bonds. The zero-order chi connectivity index (χ0) is 13.0. The van der Waals surface area contributed by atoms with Crippen LogP contribution in [0.3, 0.4) is 0 Å². The summed E-state index contributed by atoms with van der Waals surface area (Å²) in [5, 5.41) is 3.37. The Kier molecular flexibility index (Phi) is 4.91. The fourth-order valence-corrected chi connectivity index (χ4v) is 2.74. The van der Waals surface area contributed by atoms with Crippen LogP contribution < -0.4 is 5.32 Å². The van der Waals surface area contributed by atoms with Crippen molar-refractivity contribution in [2.45, 2.75) is 13.0 Å². The third kappa shape index (κ3) is 3.63. The third-order valence-electron chi connectivity index (χ3n) is 2.62. The average Bonchev–Trinajstić information content (AvgIpc) is 2.73. The Labute approximate surface area is 123 Å². The van der Waals surface area contributed by atoms with Crippen molar-refractivity contribution in [3.63, 3.8) is 0 Å². The van der Waals surface area contributed by atoms with E-state index in [9.17, 15) is 0 Å². The zero-order valence-corrected chi connectivity index (χ0v) is 13.2. The van der Waals surface area contributed by atoms with E-state index < -0.39 is 0 Å². The lowest BCUT2D eigenvalue weighted by molar-refractivity contribution is 0.645. The van der Waals surface area contributed by atoms with Crippen molar-refractivity contribution in [3.8, 4) is 0 Å². The van der Waals surface area contributed by atoms with E-state index in [1.54, 1.807) is 6.20 Å². The molecule has 0 radical (unpaired) electrons. The number of rotatable bonds is 5. The van der Waals surface area contributed by atoms with E-state index in [4.69, 9.17) is 0 Å². The molecule has 0 saturated heterocycles. The summed E-state index contributed by atoms with van der Waals surface area (Å²) in [4.78, 5) is 8.63. The first-order valence-electron chi connectivity index (χ1n) is 5.63. The quantitative estimate of drug-likeness (QED) is 0.819. The van der Waals surface area contributed by atoms with Crippen LogP contribution in [0.1, 0.15) is 11.5 Å². The molecule has 0 aliphatic rings. The van der Waals surface area contributed by atoms with Crippen LogP contribution in [0.2, 0.25) is 0 Å². The summed E-state index contributed by atoms with van der Waals surface area (Å²) in [6, 6.07) is 2.00. The summed E-state index contributed by atoms with van der Waals surface area (Å²) in [6.07, 6.45) is 6.50. The van der Waals surface area contributed by atoms with E-state index in [0.717, 1.165) is 40.0 Å². The van der Waals surface area contributed by atoms with E-state index in [2.05, 4.69) is 47.1 Å². The molecule has 2 aromatic rings. The molecule has 0 spiro atoms. The normalized spacial score (nSPS) is 10.8. The van der Waals surface area contributed by atoms with Gasteiger partial charge in [0.1, 0.15) is 5.82 Å². The standard InChI is InChI=1S/C12H14Br2N4/c1-18-5-4-16-12(18)2-3-15-8-11-10(14)6-9(13)7-17-11/h4-7,15H,2-3,8H2,1H3. The molecule has 18 heavy (non-hydrogen) atoms. The molecule has 0 saturated carbocycles. The number of hydrogen-bond acceptors (Lipinski definition) is 3. The second-order valence-electron chi connectivity index (χ2n) is 3.96. The second-order valence-corrected chi connectivity index (χ2v) is 5.73. The molecule has 0 bridgehead atoms. The predicted octanol–water partition coefficient (Wildman–Crippen LogP) is 2.67. The van der Waals surface area contributed by atoms with Gasteiger partial charge in [0.2, 0.25) is 0 Å². The molecule has 4 nitrogen and oxygen atoms in total. The molecule has 0 aliphatic heterocycles. The number of nitrogens with one attached hydrogen (secondary N) is 1. The first kappa shape index (κ1) is 13.7. The van der Waals surface area contributed by atoms with Crippen LogP contribution in [-0.2, 0) is 20.0 Å². The van der Waals surface area contributed by atoms with Crippen molar-refractivity contribution >= 4 is 31.9 Å². The Balaban J connectivity index is 1.80. The molecule has 2 rings (SSSR count). The van der Waals surface area contributed by atoms with Gasteiger partial charge in [-0.15, -0.1) is 0 Å². The summed E-state index contributed by atoms with van der Waals surface area (Å²) >= 11 is 6.89. The van der Waals surface area contributed by atoms with Crippen LogP contribution in [0, 0.1) is 0 Å². The van der Waals surface area contributed by atoms with Crippen molar-refractivity contribution in [2.24, 2.45) is 7.05 Å². The van der Waals surface area contributed by atoms with Crippen LogP contribution >= 0.6 is 31.9 Å². The van der Waals surface area contributed by atoms with Crippen molar-refractivity contribution in [2.75, 3.05) is 6.54 Å². The molecule has 0 atom stereocenters. The zero-order valence-electron chi connectivity index (χ0n) is 10.0. The first-order chi connectivity index (χ1) is 8.66. The third-order valence-corrected chi connectivity index (χ3v) is 3.74. The first-order valence-corrected chi connectivity index (χ1v) is 7.22. The van der Waals surface area contributed by atoms with E-state index in [1.807, 2.05) is 30.1 Å². The highest BCUT2D eigenvalue weighted by Crippen LogP contribution is 2.19. The van der Waals surface area contributed by atoms with Gasteiger partial charge in [0.15, 0.2) is 0 Å². The van der Waals surface area contributed by atoms with Gasteiger partial charge in [0, 0.05) is 54.1 Å². The Morgan fingerprint density at radius 1 is 1.33 bits per heavy atom. The Morgan fingerprint density at radius 2 is 2.17 bits per heavy atom. The van der Waals surface area contributed by atoms with Crippen LogP contribution in [0.4, 0.5) is 0 Å². The number of aryl methyl sites for hydroxylation is 1. The molecule has 1 N–H and O–H groups in total. The maximum absolute atomic E-state index is 4.35. The lowest BCUT2D eigenvalue weighted by atomic mass is 10.3. The molecule has 0 aliphatic carbocycles. The minimum absolute atomic E-state index is 0.748. The fraction of sp³-hybridized carbons (Fsp3) is 0.333. The maximum atomic E-state index is 4.35. The monoisotopic (exact) mass is 372 g/mol. The van der Waals surface area contributed by atoms with Crippen LogP contribution in [0.25, 0.3) is 0 Å². The van der Waals surface area contributed by atoms with Crippen LogP contribution in [-0.4, -0.2) is 21.1 Å². The van der Waals surface area contributed by atoms with Crippen LogP contribution in [0.5, 0.6) is 0 Å². The van der Waals surface area contributed by atoms with Gasteiger partial charge in [-0.3, -0.25) is 4.98 Å². The van der Waals surface area contributed by atoms with Crippen molar-refractivity contribution in [3.05, 3.63) is 45.1 Å². The molecular formula is C12H14Br2N4. The molecule has 0 aromatic carbocycles. The molecule has 6 heteroatoms. The van der Waals surface area contributed by atoms with E-state index >= 15 is 0 Å². The Bertz CT molecular complexity index is 525. The largest absolute Gasteiger partial charge is 0.338 e. The van der Waals surface area contributed by atoms with Gasteiger partial charge < -0.3 is 9.88 Å². The molecular weight excluding hydrogens is 360 g/mol. The Morgan fingerprint density at radius 3 is 2.83 bits per heavy atom. The summed E-state index contributed by atoms with van der Waals surface area (Å²) in [6.45, 7) is 1.63. The predicted molar refractivity (Wildman–Crippen MR) is 78.3 cm³/mol. The molecule has 0 unspecified atom stereocenters. The molecule has 2 heterocycles. The lowest BCUT2D eigenvalue weighted by Gasteiger charge is -2.06. The van der Waals surface area contributed by atoms with E-state index in [0.29, 0.717) is 0 Å². The Hall–Kier alpha value is -0.720. The highest BCUT2D eigenvalue weighted by molar-refractivity contribution is 9.11. The second kappa shape index (κ2) is 6.45. The minimum Gasteiger partial charge on any atom is -0.338 e. The summed E-state index contributed by atoms with van der Waals surface area (Å²) < 4.78 is 4.03. The maximum Gasteiger partial charge on any atom is 0.109 e. The summed E-state index contributed by atoms with van der Waals surface area (Å²) in [5.41, 5.74) is 1.01. The number of nitrogens with zero attached hydrogens (tertiary/aromatic N) is 3. The topological polar surface area (TPSA) is 42.7 Å². The molecule has 96 valence electrons. The van der Waals surface area contributed by atoms with Gasteiger partial charge >= 0.3 is 0 Å². The van der Waals surface area contributed by atoms with E-state index in [-0.39, 0.29) is 0 Å². The van der Waals surface area contributed by atoms with Gasteiger partial charge in [0.25, 0.3) is 0 Å². The van der Waals surface area contributed by atoms with Gasteiger partial charge in [-0.05, 0) is 37.9 Å². The number of pyridine rings is 1.